The Hall–Kier alpha value is -2.41. The van der Waals surface area contributed by atoms with Crippen molar-refractivity contribution in [2.45, 2.75) is 81.3 Å². The third kappa shape index (κ3) is 7.53. The number of sulfonamides is 1. The standard InChI is InChI=1S/C39H54ClN3O7S/c1-25-7-5-9-32(38-48-20-30(21-49-38)42(2)3)31-13-10-28(31)19-43-23-39(16-6-8-26-17-29(40)12-14-33(26)39)24-50-35-15-11-27(18-34(35)43)37(44)41-51(45,46)36(25)22-47-4/h11-12,14-15,17-18,25,28,30-32,36,38H,5-10,13,16,19-24H2,1-4H3,(H,41,44)/t25-,28-,30-,31+,32-,36-,38-,39-/m0/s1. The van der Waals surface area contributed by atoms with Crippen LogP contribution < -0.4 is 14.4 Å². The minimum Gasteiger partial charge on any atom is -0.490 e. The maximum atomic E-state index is 13.8. The number of rotatable bonds is 4. The molecule has 1 saturated carbocycles. The SMILES string of the molecule is COC[C@H]1[C@@H](C)CCC[C@H]([C@H]2OC[C@H](N(C)C)CO2)[C@@H]2CC[C@H]2CN2C[C@@]3(CCCc4cc(Cl)ccc43)COc3ccc(cc32)C(=O)NS1(=O)=O. The Morgan fingerprint density at radius 1 is 1.04 bits per heavy atom. The smallest absolute Gasteiger partial charge is 0.264 e. The maximum absolute atomic E-state index is 13.8. The van der Waals surface area contributed by atoms with Gasteiger partial charge in [0.05, 0.1) is 38.2 Å². The number of amides is 1. The lowest BCUT2D eigenvalue weighted by molar-refractivity contribution is -0.240. The summed E-state index contributed by atoms with van der Waals surface area (Å²) >= 11 is 6.48. The molecule has 0 radical (unpaired) electrons. The number of likely N-dealkylation sites (N-methyl/N-ethyl adjacent to an activating group) is 1. The molecular weight excluding hydrogens is 690 g/mol. The summed E-state index contributed by atoms with van der Waals surface area (Å²) in [5, 5.41) is -0.133. The number of nitrogens with one attached hydrogen (secondary N) is 1. The van der Waals surface area contributed by atoms with Crippen LogP contribution in [0.3, 0.4) is 0 Å². The van der Waals surface area contributed by atoms with E-state index in [2.05, 4.69) is 40.7 Å². The van der Waals surface area contributed by atoms with Gasteiger partial charge in [-0.05, 0) is 118 Å². The van der Waals surface area contributed by atoms with Crippen LogP contribution in [0, 0.1) is 23.7 Å². The quantitative estimate of drug-likeness (QED) is 0.425. The van der Waals surface area contributed by atoms with Crippen molar-refractivity contribution in [3.8, 4) is 5.75 Å². The van der Waals surface area contributed by atoms with E-state index in [0.717, 1.165) is 68.7 Å². The van der Waals surface area contributed by atoms with Gasteiger partial charge in [0, 0.05) is 42.1 Å². The normalized spacial score (nSPS) is 34.0. The number of methoxy groups -OCH3 is 1. The van der Waals surface area contributed by atoms with Crippen LogP contribution in [-0.2, 0) is 36.1 Å². The van der Waals surface area contributed by atoms with E-state index in [1.807, 2.05) is 25.1 Å². The van der Waals surface area contributed by atoms with E-state index in [0.29, 0.717) is 43.8 Å². The van der Waals surface area contributed by atoms with Crippen molar-refractivity contribution in [2.75, 3.05) is 65.6 Å². The van der Waals surface area contributed by atoms with Crippen molar-refractivity contribution in [3.63, 3.8) is 0 Å². The lowest BCUT2D eigenvalue weighted by Crippen LogP contribution is -2.52. The molecular formula is C39H54ClN3O7S. The van der Waals surface area contributed by atoms with Crippen LogP contribution in [0.15, 0.2) is 36.4 Å². The van der Waals surface area contributed by atoms with Gasteiger partial charge in [-0.2, -0.15) is 0 Å². The predicted molar refractivity (Wildman–Crippen MR) is 198 cm³/mol. The summed E-state index contributed by atoms with van der Waals surface area (Å²) < 4.78 is 55.1. The zero-order valence-electron chi connectivity index (χ0n) is 30.4. The van der Waals surface area contributed by atoms with E-state index < -0.39 is 21.2 Å². The van der Waals surface area contributed by atoms with Gasteiger partial charge in [-0.1, -0.05) is 31.0 Å². The fourth-order valence-electron chi connectivity index (χ4n) is 9.38. The van der Waals surface area contributed by atoms with Gasteiger partial charge in [-0.3, -0.25) is 4.79 Å². The first-order valence-electron chi connectivity index (χ1n) is 18.7. The summed E-state index contributed by atoms with van der Waals surface area (Å²) in [6.07, 6.45) is 7.26. The van der Waals surface area contributed by atoms with Crippen LogP contribution in [0.25, 0.3) is 0 Å². The van der Waals surface area contributed by atoms with Crippen LogP contribution in [0.1, 0.15) is 73.4 Å². The highest BCUT2D eigenvalue weighted by Crippen LogP contribution is 2.49. The second-order valence-corrected chi connectivity index (χ2v) is 18.3. The summed E-state index contributed by atoms with van der Waals surface area (Å²) in [5.41, 5.74) is 3.40. The number of carbonyl (C=O) groups excluding carboxylic acids is 1. The molecule has 3 aliphatic heterocycles. The van der Waals surface area contributed by atoms with E-state index in [4.69, 9.17) is 30.5 Å². The number of nitrogens with zero attached hydrogens (tertiary/aromatic N) is 2. The van der Waals surface area contributed by atoms with Gasteiger partial charge in [0.1, 0.15) is 11.0 Å². The first-order valence-corrected chi connectivity index (χ1v) is 20.7. The largest absolute Gasteiger partial charge is 0.490 e. The van der Waals surface area contributed by atoms with Gasteiger partial charge in [-0.15, -0.1) is 0 Å². The second kappa shape index (κ2) is 15.1. The van der Waals surface area contributed by atoms with Gasteiger partial charge in [0.2, 0.25) is 10.0 Å². The van der Waals surface area contributed by atoms with Crippen LogP contribution in [-0.4, -0.2) is 97.5 Å². The minimum atomic E-state index is -4.05. The molecule has 1 spiro atoms. The zero-order valence-corrected chi connectivity index (χ0v) is 32.0. The number of hydrogen-bond acceptors (Lipinski definition) is 9. The zero-order chi connectivity index (χ0) is 35.9. The molecule has 3 heterocycles. The molecule has 7 rings (SSSR count). The number of ether oxygens (including phenoxy) is 4. The van der Waals surface area contributed by atoms with E-state index in [1.165, 1.54) is 18.2 Å². The fourth-order valence-corrected chi connectivity index (χ4v) is 11.2. The number of carbonyl (C=O) groups is 1. The highest BCUT2D eigenvalue weighted by molar-refractivity contribution is 7.90. The maximum Gasteiger partial charge on any atom is 0.264 e. The van der Waals surface area contributed by atoms with Crippen LogP contribution in [0.5, 0.6) is 5.75 Å². The Morgan fingerprint density at radius 3 is 2.57 bits per heavy atom. The average Bonchev–Trinajstić information content (AvgIpc) is 3.24. The fraction of sp³-hybridized carbons (Fsp3) is 0.667. The molecule has 6 atom stereocenters. The third-order valence-corrected chi connectivity index (χ3v) is 14.7. The van der Waals surface area contributed by atoms with Gasteiger partial charge >= 0.3 is 0 Å². The van der Waals surface area contributed by atoms with Crippen LogP contribution in [0.2, 0.25) is 5.02 Å². The molecule has 0 unspecified atom stereocenters. The number of hydrogen-bond donors (Lipinski definition) is 1. The van der Waals surface area contributed by atoms with Gasteiger partial charge in [0.15, 0.2) is 6.29 Å². The second-order valence-electron chi connectivity index (χ2n) is 16.0. The molecule has 0 aromatic heterocycles. The Kier molecular flexibility index (Phi) is 11.0. The molecule has 2 bridgehead atoms. The average molecular weight is 744 g/mol. The van der Waals surface area contributed by atoms with E-state index in [9.17, 15) is 13.2 Å². The third-order valence-electron chi connectivity index (χ3n) is 12.6. The molecule has 2 aromatic carbocycles. The van der Waals surface area contributed by atoms with E-state index in [-0.39, 0.29) is 41.8 Å². The van der Waals surface area contributed by atoms with Crippen molar-refractivity contribution < 1.29 is 32.2 Å². The minimum absolute atomic E-state index is 0.000741. The molecule has 10 nitrogen and oxygen atoms in total. The molecule has 280 valence electrons. The number of anilines is 1. The van der Waals surface area contributed by atoms with Crippen molar-refractivity contribution in [2.24, 2.45) is 23.7 Å². The number of benzene rings is 2. The van der Waals surface area contributed by atoms with E-state index in [1.54, 1.807) is 6.07 Å². The topological polar surface area (TPSA) is 107 Å². The molecule has 5 aliphatic rings. The summed E-state index contributed by atoms with van der Waals surface area (Å²) in [6.45, 7) is 5.22. The molecule has 1 N–H and O–H groups in total. The first-order chi connectivity index (χ1) is 24.5. The molecule has 2 aromatic rings. The lowest BCUT2D eigenvalue weighted by atomic mass is 9.64. The van der Waals surface area contributed by atoms with Crippen LogP contribution in [0.4, 0.5) is 5.69 Å². The van der Waals surface area contributed by atoms with Gasteiger partial charge in [-0.25, -0.2) is 13.1 Å². The molecule has 51 heavy (non-hydrogen) atoms. The number of halogens is 1. The van der Waals surface area contributed by atoms with Gasteiger partial charge < -0.3 is 28.7 Å². The highest BCUT2D eigenvalue weighted by atomic mass is 35.5. The number of fused-ring (bicyclic) bond motifs is 4. The lowest BCUT2D eigenvalue weighted by Gasteiger charge is -2.49. The summed E-state index contributed by atoms with van der Waals surface area (Å²) in [5.74, 6) is 0.812. The Morgan fingerprint density at radius 2 is 1.84 bits per heavy atom. The van der Waals surface area contributed by atoms with Gasteiger partial charge in [0.25, 0.3) is 5.91 Å². The van der Waals surface area contributed by atoms with Crippen molar-refractivity contribution in [1.29, 1.82) is 0 Å². The van der Waals surface area contributed by atoms with E-state index >= 15 is 0 Å². The molecule has 2 fully saturated rings. The van der Waals surface area contributed by atoms with Crippen LogP contribution >= 0.6 is 11.6 Å². The molecule has 1 amide bonds. The highest BCUT2D eigenvalue weighted by Gasteiger charge is 2.47. The number of aryl methyl sites for hydroxylation is 1. The first kappa shape index (κ1) is 36.9. The Labute approximate surface area is 308 Å². The summed E-state index contributed by atoms with van der Waals surface area (Å²) in [7, 11) is 1.56. The summed E-state index contributed by atoms with van der Waals surface area (Å²) in [6, 6.07) is 11.8. The Bertz CT molecular complexity index is 1680. The molecule has 12 heteroatoms. The Balaban J connectivity index is 1.27. The molecule has 2 aliphatic carbocycles. The van der Waals surface area contributed by atoms with Crippen molar-refractivity contribution >= 4 is 33.2 Å². The van der Waals surface area contributed by atoms with Crippen molar-refractivity contribution in [1.82, 2.24) is 9.62 Å². The summed E-state index contributed by atoms with van der Waals surface area (Å²) in [4.78, 5) is 18.3. The van der Waals surface area contributed by atoms with Crippen molar-refractivity contribution in [3.05, 3.63) is 58.1 Å². The predicted octanol–water partition coefficient (Wildman–Crippen LogP) is 5.65. The molecule has 1 saturated heterocycles. The monoisotopic (exact) mass is 743 g/mol.